The van der Waals surface area contributed by atoms with Gasteiger partial charge in [-0.05, 0) is 44.1 Å². The molecule has 0 aromatic heterocycles. The molecular formula is C16H24N2O2S. The van der Waals surface area contributed by atoms with Gasteiger partial charge in [0.2, 0.25) is 0 Å². The summed E-state index contributed by atoms with van der Waals surface area (Å²) < 4.78 is 5.56. The lowest BCUT2D eigenvalue weighted by molar-refractivity contribution is 0.0860. The highest BCUT2D eigenvalue weighted by Crippen LogP contribution is 2.17. The van der Waals surface area contributed by atoms with Crippen molar-refractivity contribution >= 4 is 17.8 Å². The van der Waals surface area contributed by atoms with Crippen LogP contribution >= 0.6 is 11.8 Å². The van der Waals surface area contributed by atoms with Gasteiger partial charge in [0.05, 0.1) is 12.1 Å². The Bertz CT molecular complexity index is 422. The average Bonchev–Trinajstić information content (AvgIpc) is 3.02. The Balaban J connectivity index is 1.53. The first kappa shape index (κ1) is 16.2. The maximum atomic E-state index is 11.8. The molecule has 1 aliphatic rings. The molecule has 0 aliphatic carbocycles. The summed E-state index contributed by atoms with van der Waals surface area (Å²) in [6, 6.07) is 10.3. The molecule has 116 valence electrons. The fourth-order valence-corrected chi connectivity index (χ4v) is 3.20. The number of urea groups is 1. The lowest BCUT2D eigenvalue weighted by atomic mass is 10.1. The van der Waals surface area contributed by atoms with Crippen LogP contribution in [0.15, 0.2) is 35.2 Å². The molecular weight excluding hydrogens is 284 g/mol. The van der Waals surface area contributed by atoms with Gasteiger partial charge >= 0.3 is 6.03 Å². The van der Waals surface area contributed by atoms with Crippen molar-refractivity contribution in [3.63, 3.8) is 0 Å². The molecule has 0 radical (unpaired) electrons. The molecule has 4 nitrogen and oxygen atoms in total. The molecule has 0 spiro atoms. The molecule has 2 rings (SSSR count). The quantitative estimate of drug-likeness (QED) is 0.601. The Morgan fingerprint density at radius 2 is 2.24 bits per heavy atom. The van der Waals surface area contributed by atoms with Gasteiger partial charge in [-0.25, -0.2) is 4.79 Å². The molecule has 0 saturated carbocycles. The predicted octanol–water partition coefficient (Wildman–Crippen LogP) is 3.04. The van der Waals surface area contributed by atoms with E-state index in [1.807, 2.05) is 36.9 Å². The number of hydrogen-bond donors (Lipinski definition) is 2. The second-order valence-corrected chi connectivity index (χ2v) is 6.42. The first-order chi connectivity index (χ1) is 10.3. The molecule has 2 atom stereocenters. The van der Waals surface area contributed by atoms with Crippen LogP contribution in [-0.4, -0.2) is 37.1 Å². The highest BCUT2D eigenvalue weighted by atomic mass is 32.2. The van der Waals surface area contributed by atoms with Crippen molar-refractivity contribution in [2.24, 2.45) is 0 Å². The van der Waals surface area contributed by atoms with Crippen molar-refractivity contribution in [2.45, 2.75) is 43.2 Å². The summed E-state index contributed by atoms with van der Waals surface area (Å²) >= 11 is 1.81. The molecule has 2 amide bonds. The summed E-state index contributed by atoms with van der Waals surface area (Å²) in [5.41, 5.74) is 0. The van der Waals surface area contributed by atoms with E-state index in [2.05, 4.69) is 22.8 Å². The van der Waals surface area contributed by atoms with Crippen LogP contribution in [0.1, 0.15) is 26.2 Å². The molecule has 1 aromatic carbocycles. The highest BCUT2D eigenvalue weighted by Gasteiger charge is 2.23. The van der Waals surface area contributed by atoms with Gasteiger partial charge in [-0.1, -0.05) is 18.2 Å². The van der Waals surface area contributed by atoms with Gasteiger partial charge in [0, 0.05) is 18.0 Å². The normalized spacial score (nSPS) is 19.2. The second-order valence-electron chi connectivity index (χ2n) is 5.26. The van der Waals surface area contributed by atoms with Crippen LogP contribution in [0.5, 0.6) is 0 Å². The molecule has 1 fully saturated rings. The fraction of sp³-hybridized carbons (Fsp3) is 0.562. The van der Waals surface area contributed by atoms with E-state index in [0.29, 0.717) is 6.54 Å². The zero-order valence-electron chi connectivity index (χ0n) is 12.5. The summed E-state index contributed by atoms with van der Waals surface area (Å²) in [5, 5.41) is 5.85. The molecule has 2 unspecified atom stereocenters. The number of benzene rings is 1. The smallest absolute Gasteiger partial charge is 0.315 e. The van der Waals surface area contributed by atoms with Crippen LogP contribution in [0.3, 0.4) is 0 Å². The number of rotatable bonds is 7. The van der Waals surface area contributed by atoms with E-state index in [4.69, 9.17) is 4.74 Å². The minimum Gasteiger partial charge on any atom is -0.376 e. The third-order valence-corrected chi connectivity index (χ3v) is 4.60. The van der Waals surface area contributed by atoms with E-state index in [1.54, 1.807) is 0 Å². The van der Waals surface area contributed by atoms with E-state index in [-0.39, 0.29) is 18.2 Å². The second kappa shape index (κ2) is 8.95. The Morgan fingerprint density at radius 3 is 2.95 bits per heavy atom. The van der Waals surface area contributed by atoms with Crippen LogP contribution in [-0.2, 0) is 4.74 Å². The maximum Gasteiger partial charge on any atom is 0.315 e. The van der Waals surface area contributed by atoms with Crippen LogP contribution in [0.2, 0.25) is 0 Å². The standard InChI is InChI=1S/C16H24N2O2S/c1-13(15-9-5-11-20-15)18-16(19)17-10-6-12-21-14-7-3-2-4-8-14/h2-4,7-8,13,15H,5-6,9-12H2,1H3,(H2,17,18,19). The van der Waals surface area contributed by atoms with Gasteiger partial charge in [-0.15, -0.1) is 11.8 Å². The number of hydrogen-bond acceptors (Lipinski definition) is 3. The number of nitrogens with one attached hydrogen (secondary N) is 2. The van der Waals surface area contributed by atoms with Crippen molar-refractivity contribution in [1.82, 2.24) is 10.6 Å². The molecule has 1 aromatic rings. The van der Waals surface area contributed by atoms with Crippen molar-refractivity contribution in [3.05, 3.63) is 30.3 Å². The topological polar surface area (TPSA) is 50.4 Å². The number of carbonyl (C=O) groups excluding carboxylic acids is 1. The van der Waals surface area contributed by atoms with Gasteiger partial charge in [0.15, 0.2) is 0 Å². The molecule has 1 heterocycles. The lowest BCUT2D eigenvalue weighted by Crippen LogP contribution is -2.46. The Hall–Kier alpha value is -1.20. The molecule has 2 N–H and O–H groups in total. The van der Waals surface area contributed by atoms with E-state index >= 15 is 0 Å². The first-order valence-electron chi connectivity index (χ1n) is 7.59. The summed E-state index contributed by atoms with van der Waals surface area (Å²) in [6.07, 6.45) is 3.26. The first-order valence-corrected chi connectivity index (χ1v) is 8.58. The number of carbonyl (C=O) groups is 1. The molecule has 1 aliphatic heterocycles. The van der Waals surface area contributed by atoms with Crippen LogP contribution in [0.25, 0.3) is 0 Å². The summed E-state index contributed by atoms with van der Waals surface area (Å²) in [6.45, 7) is 3.51. The number of amides is 2. The van der Waals surface area contributed by atoms with Crippen LogP contribution < -0.4 is 10.6 Å². The van der Waals surface area contributed by atoms with Gasteiger partial charge < -0.3 is 15.4 Å². The summed E-state index contributed by atoms with van der Waals surface area (Å²) in [5.74, 6) is 1.01. The molecule has 21 heavy (non-hydrogen) atoms. The Kier molecular flexibility index (Phi) is 6.89. The predicted molar refractivity (Wildman–Crippen MR) is 86.8 cm³/mol. The number of thioether (sulfide) groups is 1. The van der Waals surface area contributed by atoms with Gasteiger partial charge in [0.25, 0.3) is 0 Å². The number of ether oxygens (including phenoxy) is 1. The zero-order chi connectivity index (χ0) is 14.9. The largest absolute Gasteiger partial charge is 0.376 e. The molecule has 5 heteroatoms. The lowest BCUT2D eigenvalue weighted by Gasteiger charge is -2.20. The van der Waals surface area contributed by atoms with Crippen LogP contribution in [0.4, 0.5) is 4.79 Å². The van der Waals surface area contributed by atoms with Gasteiger partial charge in [-0.3, -0.25) is 0 Å². The Labute approximate surface area is 131 Å². The highest BCUT2D eigenvalue weighted by molar-refractivity contribution is 7.99. The zero-order valence-corrected chi connectivity index (χ0v) is 13.3. The van der Waals surface area contributed by atoms with E-state index < -0.39 is 0 Å². The van der Waals surface area contributed by atoms with E-state index in [1.165, 1.54) is 4.90 Å². The van der Waals surface area contributed by atoms with E-state index in [9.17, 15) is 4.79 Å². The summed E-state index contributed by atoms with van der Waals surface area (Å²) in [4.78, 5) is 13.0. The summed E-state index contributed by atoms with van der Waals surface area (Å²) in [7, 11) is 0. The van der Waals surface area contributed by atoms with E-state index in [0.717, 1.165) is 31.6 Å². The third-order valence-electron chi connectivity index (χ3n) is 3.50. The third kappa shape index (κ3) is 5.98. The monoisotopic (exact) mass is 308 g/mol. The molecule has 1 saturated heterocycles. The SMILES string of the molecule is CC(NC(=O)NCCCSc1ccccc1)C1CCCO1. The van der Waals surface area contributed by atoms with Gasteiger partial charge in [-0.2, -0.15) is 0 Å². The van der Waals surface area contributed by atoms with Crippen molar-refractivity contribution in [1.29, 1.82) is 0 Å². The van der Waals surface area contributed by atoms with Crippen LogP contribution in [0, 0.1) is 0 Å². The average molecular weight is 308 g/mol. The minimum atomic E-state index is -0.0947. The van der Waals surface area contributed by atoms with Crippen molar-refractivity contribution in [2.75, 3.05) is 18.9 Å². The minimum absolute atomic E-state index is 0.0752. The Morgan fingerprint density at radius 1 is 1.43 bits per heavy atom. The van der Waals surface area contributed by atoms with Crippen molar-refractivity contribution in [3.8, 4) is 0 Å². The maximum absolute atomic E-state index is 11.8. The van der Waals surface area contributed by atoms with Crippen molar-refractivity contribution < 1.29 is 9.53 Å². The van der Waals surface area contributed by atoms with Gasteiger partial charge in [0.1, 0.15) is 0 Å². The molecule has 0 bridgehead atoms. The fourth-order valence-electron chi connectivity index (χ4n) is 2.33.